The summed E-state index contributed by atoms with van der Waals surface area (Å²) in [5.41, 5.74) is -0.0944. The summed E-state index contributed by atoms with van der Waals surface area (Å²) in [5.74, 6) is -2.35. The molecule has 1 aliphatic rings. The normalized spacial score (nSPS) is 21.2. The first kappa shape index (κ1) is 19.7. The van der Waals surface area contributed by atoms with E-state index in [1.165, 1.54) is 12.1 Å². The third-order valence-corrected chi connectivity index (χ3v) is 4.15. The molecule has 0 bridgehead atoms. The zero-order chi connectivity index (χ0) is 18.6. The van der Waals surface area contributed by atoms with Crippen LogP contribution in [0.25, 0.3) is 0 Å². The van der Waals surface area contributed by atoms with E-state index >= 15 is 0 Å². The van der Waals surface area contributed by atoms with Crippen LogP contribution in [0.3, 0.4) is 0 Å². The van der Waals surface area contributed by atoms with E-state index in [0.717, 1.165) is 0 Å². The molecular weight excluding hydrogens is 371 g/mol. The predicted octanol–water partition coefficient (Wildman–Crippen LogP) is 4.23. The van der Waals surface area contributed by atoms with Crippen LogP contribution in [0, 0.1) is 5.92 Å². The van der Waals surface area contributed by atoms with Crippen molar-refractivity contribution in [2.75, 3.05) is 6.61 Å². The highest BCUT2D eigenvalue weighted by Crippen LogP contribution is 2.37. The molecule has 1 N–H and O–H groups in total. The molecule has 25 heavy (non-hydrogen) atoms. The number of alkyl halides is 5. The number of hydrogen-bond acceptors (Lipinski definition) is 3. The van der Waals surface area contributed by atoms with Crippen molar-refractivity contribution in [3.63, 3.8) is 0 Å². The van der Waals surface area contributed by atoms with E-state index in [0.29, 0.717) is 0 Å². The van der Waals surface area contributed by atoms with Crippen LogP contribution < -0.4 is 10.1 Å². The first-order chi connectivity index (χ1) is 11.7. The number of aromatic nitrogens is 1. The number of pyridine rings is 1. The molecular formula is C15H16ClF5N2O2. The van der Waals surface area contributed by atoms with Gasteiger partial charge in [-0.2, -0.15) is 13.2 Å². The molecule has 140 valence electrons. The molecule has 1 aromatic heterocycles. The Morgan fingerprint density at radius 2 is 1.92 bits per heavy atom. The van der Waals surface area contributed by atoms with Crippen molar-refractivity contribution >= 4 is 17.5 Å². The van der Waals surface area contributed by atoms with E-state index in [1.807, 2.05) is 0 Å². The lowest BCUT2D eigenvalue weighted by atomic mass is 9.85. The van der Waals surface area contributed by atoms with Crippen LogP contribution in [0.1, 0.15) is 36.0 Å². The third kappa shape index (κ3) is 5.69. The minimum Gasteiger partial charge on any atom is -0.471 e. The van der Waals surface area contributed by atoms with Crippen LogP contribution in [0.4, 0.5) is 22.0 Å². The lowest BCUT2D eigenvalue weighted by Crippen LogP contribution is -2.40. The highest BCUT2D eigenvalue weighted by atomic mass is 35.5. The summed E-state index contributed by atoms with van der Waals surface area (Å²) in [6.07, 6.45) is -6.75. The van der Waals surface area contributed by atoms with Gasteiger partial charge in [0.2, 0.25) is 5.88 Å². The molecule has 4 nitrogen and oxygen atoms in total. The first-order valence-corrected chi connectivity index (χ1v) is 7.99. The molecule has 0 unspecified atom stereocenters. The molecule has 0 spiro atoms. The molecule has 2 rings (SSSR count). The smallest absolute Gasteiger partial charge is 0.391 e. The Hall–Kier alpha value is -1.64. The van der Waals surface area contributed by atoms with E-state index in [-0.39, 0.29) is 42.3 Å². The predicted molar refractivity (Wildman–Crippen MR) is 80.0 cm³/mol. The summed E-state index contributed by atoms with van der Waals surface area (Å²) < 4.78 is 67.3. The van der Waals surface area contributed by atoms with Gasteiger partial charge in [-0.25, -0.2) is 13.8 Å². The van der Waals surface area contributed by atoms with Crippen molar-refractivity contribution in [2.45, 2.75) is 44.3 Å². The number of nitrogens with one attached hydrogen (secondary N) is 1. The summed E-state index contributed by atoms with van der Waals surface area (Å²) >= 11 is 5.67. The maximum absolute atomic E-state index is 12.7. The van der Waals surface area contributed by atoms with Crippen LogP contribution in [0.2, 0.25) is 5.15 Å². The molecule has 1 amide bonds. The minimum atomic E-state index is -4.23. The summed E-state index contributed by atoms with van der Waals surface area (Å²) in [4.78, 5) is 16.0. The number of rotatable bonds is 5. The summed E-state index contributed by atoms with van der Waals surface area (Å²) in [6, 6.07) is 2.14. The molecule has 0 saturated heterocycles. The third-order valence-electron chi connectivity index (χ3n) is 3.94. The Bertz CT molecular complexity index is 604. The van der Waals surface area contributed by atoms with Gasteiger partial charge in [0.15, 0.2) is 6.61 Å². The maximum atomic E-state index is 12.7. The van der Waals surface area contributed by atoms with Crippen molar-refractivity contribution in [1.29, 1.82) is 0 Å². The molecule has 1 saturated carbocycles. The van der Waals surface area contributed by atoms with Gasteiger partial charge >= 0.3 is 6.18 Å². The highest BCUT2D eigenvalue weighted by molar-refractivity contribution is 6.29. The number of hydrogen-bond donors (Lipinski definition) is 1. The average Bonchev–Trinajstić information content (AvgIpc) is 2.52. The largest absolute Gasteiger partial charge is 0.471 e. The fraction of sp³-hybridized carbons (Fsp3) is 0.600. The topological polar surface area (TPSA) is 51.2 Å². The van der Waals surface area contributed by atoms with Crippen molar-refractivity contribution in [3.8, 4) is 5.88 Å². The first-order valence-electron chi connectivity index (χ1n) is 7.62. The van der Waals surface area contributed by atoms with Crippen LogP contribution in [-0.4, -0.2) is 36.1 Å². The minimum absolute atomic E-state index is 0.0356. The lowest BCUT2D eigenvalue weighted by molar-refractivity contribution is -0.182. The summed E-state index contributed by atoms with van der Waals surface area (Å²) in [5, 5.41) is 2.56. The van der Waals surface area contributed by atoms with Gasteiger partial charge in [0.1, 0.15) is 10.7 Å². The molecule has 1 heterocycles. The number of halogens is 6. The molecule has 10 heteroatoms. The molecule has 0 atom stereocenters. The number of carbonyl (C=O) groups is 1. The summed E-state index contributed by atoms with van der Waals surface area (Å²) in [6.45, 7) is -0.954. The van der Waals surface area contributed by atoms with Crippen molar-refractivity contribution in [2.24, 2.45) is 5.92 Å². The van der Waals surface area contributed by atoms with Gasteiger partial charge in [0.05, 0.1) is 5.92 Å². The van der Waals surface area contributed by atoms with Crippen LogP contribution in [0.15, 0.2) is 12.1 Å². The van der Waals surface area contributed by atoms with Gasteiger partial charge < -0.3 is 10.1 Å². The average molecular weight is 387 g/mol. The van der Waals surface area contributed by atoms with Crippen molar-refractivity contribution < 1.29 is 31.5 Å². The fourth-order valence-corrected chi connectivity index (χ4v) is 2.81. The van der Waals surface area contributed by atoms with Gasteiger partial charge in [0.25, 0.3) is 12.3 Å². The molecule has 1 fully saturated rings. The zero-order valence-electron chi connectivity index (χ0n) is 13.0. The quantitative estimate of drug-likeness (QED) is 0.608. The van der Waals surface area contributed by atoms with E-state index in [9.17, 15) is 26.7 Å². The number of amides is 1. The maximum Gasteiger partial charge on any atom is 0.391 e. The van der Waals surface area contributed by atoms with E-state index in [1.54, 1.807) is 0 Å². The number of ether oxygens (including phenoxy) is 1. The molecule has 1 aromatic rings. The van der Waals surface area contributed by atoms with E-state index in [2.05, 4.69) is 10.3 Å². The van der Waals surface area contributed by atoms with Gasteiger partial charge in [-0.05, 0) is 37.8 Å². The van der Waals surface area contributed by atoms with E-state index < -0.39 is 37.1 Å². The van der Waals surface area contributed by atoms with Gasteiger partial charge in [-0.1, -0.05) is 11.6 Å². The molecule has 0 aliphatic heterocycles. The molecule has 0 radical (unpaired) electrons. The Morgan fingerprint density at radius 1 is 1.28 bits per heavy atom. The Labute approximate surface area is 145 Å². The Balaban J connectivity index is 1.99. The summed E-state index contributed by atoms with van der Waals surface area (Å²) in [7, 11) is 0. The molecule has 1 aliphatic carbocycles. The standard InChI is InChI=1S/C15H16ClF5N2O2/c16-11-6-5-10(14(23-11)25-7-12(17)18)13(24)22-9-3-1-8(2-4-9)15(19,20)21/h5-6,8-9,12H,1-4,7H2,(H,22,24)/t8-,9-. The second-order valence-electron chi connectivity index (χ2n) is 5.75. The Kier molecular flexibility index (Phi) is 6.42. The van der Waals surface area contributed by atoms with Gasteiger partial charge in [0, 0.05) is 6.04 Å². The van der Waals surface area contributed by atoms with Crippen LogP contribution >= 0.6 is 11.6 Å². The zero-order valence-corrected chi connectivity index (χ0v) is 13.7. The Morgan fingerprint density at radius 3 is 2.48 bits per heavy atom. The van der Waals surface area contributed by atoms with Crippen LogP contribution in [-0.2, 0) is 0 Å². The number of carbonyl (C=O) groups excluding carboxylic acids is 1. The molecule has 0 aromatic carbocycles. The lowest BCUT2D eigenvalue weighted by Gasteiger charge is -2.30. The van der Waals surface area contributed by atoms with E-state index in [4.69, 9.17) is 16.3 Å². The monoisotopic (exact) mass is 386 g/mol. The number of nitrogens with zero attached hydrogens (tertiary/aromatic N) is 1. The SMILES string of the molecule is O=C(N[C@H]1CC[C@H](C(F)(F)F)CC1)c1ccc(Cl)nc1OCC(F)F. The fourth-order valence-electron chi connectivity index (χ4n) is 2.67. The highest BCUT2D eigenvalue weighted by Gasteiger charge is 2.41. The van der Waals surface area contributed by atoms with Crippen molar-refractivity contribution in [3.05, 3.63) is 22.8 Å². The second-order valence-corrected chi connectivity index (χ2v) is 6.14. The second kappa shape index (κ2) is 8.16. The van der Waals surface area contributed by atoms with Gasteiger partial charge in [-0.15, -0.1) is 0 Å². The van der Waals surface area contributed by atoms with Crippen molar-refractivity contribution in [1.82, 2.24) is 10.3 Å². The van der Waals surface area contributed by atoms with Gasteiger partial charge in [-0.3, -0.25) is 4.79 Å². The van der Waals surface area contributed by atoms with Crippen LogP contribution in [0.5, 0.6) is 5.88 Å².